The first-order valence-electron chi connectivity index (χ1n) is 9.01. The first-order valence-corrected chi connectivity index (χ1v) is 9.01. The average Bonchev–Trinajstić information content (AvgIpc) is 2.56. The van der Waals surface area contributed by atoms with Crippen LogP contribution in [0.15, 0.2) is 0 Å². The van der Waals surface area contributed by atoms with Crippen LogP contribution in [-0.4, -0.2) is 108 Å². The minimum absolute atomic E-state index is 0.0584. The van der Waals surface area contributed by atoms with Crippen molar-refractivity contribution in [2.75, 3.05) is 27.7 Å². The summed E-state index contributed by atoms with van der Waals surface area (Å²) in [7, 11) is 4.94. The zero-order chi connectivity index (χ0) is 19.3. The zero-order valence-electron chi connectivity index (χ0n) is 15.5. The fourth-order valence-corrected chi connectivity index (χ4v) is 4.52. The molecule has 7 N–H and O–H groups in total. The molecule has 10 nitrogen and oxygen atoms in total. The summed E-state index contributed by atoms with van der Waals surface area (Å²) < 4.78 is 17.5. The molecule has 0 aromatic heterocycles. The topological polar surface area (TPSA) is 145 Å². The molecule has 0 aromatic rings. The molecule has 152 valence electrons. The van der Waals surface area contributed by atoms with Gasteiger partial charge in [0.2, 0.25) is 12.1 Å². The van der Waals surface area contributed by atoms with Crippen LogP contribution in [0.5, 0.6) is 0 Å². The number of aliphatic hydroxyl groups excluding tert-OH is 2. The quantitative estimate of drug-likeness (QED) is 0.263. The molecule has 0 spiro atoms. The molecule has 10 heteroatoms. The Hall–Kier alpha value is -0.400. The van der Waals surface area contributed by atoms with Crippen LogP contribution in [0.3, 0.4) is 0 Å². The lowest BCUT2D eigenvalue weighted by atomic mass is 9.77. The maximum atomic E-state index is 11.2. The Morgan fingerprint density at radius 1 is 0.962 bits per heavy atom. The number of nitrogens with one attached hydrogen (secondary N) is 3. The lowest BCUT2D eigenvalue weighted by Gasteiger charge is -2.60. The lowest BCUT2D eigenvalue weighted by molar-refractivity contribution is -0.482. The molecule has 2 aliphatic heterocycles. The van der Waals surface area contributed by atoms with Crippen LogP contribution in [0.2, 0.25) is 0 Å². The third kappa shape index (κ3) is 2.89. The highest BCUT2D eigenvalue weighted by atomic mass is 16.8. The zero-order valence-corrected chi connectivity index (χ0v) is 15.5. The van der Waals surface area contributed by atoms with E-state index in [1.54, 1.807) is 28.1 Å². The van der Waals surface area contributed by atoms with Crippen LogP contribution in [0.1, 0.15) is 13.3 Å². The predicted molar refractivity (Wildman–Crippen MR) is 90.2 cm³/mol. The lowest BCUT2D eigenvalue weighted by Crippen LogP contribution is -2.81. The van der Waals surface area contributed by atoms with Gasteiger partial charge < -0.3 is 50.6 Å². The van der Waals surface area contributed by atoms with E-state index in [2.05, 4.69) is 16.0 Å². The van der Waals surface area contributed by atoms with E-state index in [-0.39, 0.29) is 19.1 Å². The minimum atomic E-state index is -2.15. The van der Waals surface area contributed by atoms with Crippen LogP contribution in [0, 0.1) is 0 Å². The molecule has 0 radical (unpaired) electrons. The molecule has 3 aliphatic rings. The van der Waals surface area contributed by atoms with Crippen molar-refractivity contribution >= 4 is 0 Å². The van der Waals surface area contributed by atoms with Gasteiger partial charge in [-0.05, 0) is 28.1 Å². The number of hydrogen-bond acceptors (Lipinski definition) is 10. The second-order valence-electron chi connectivity index (χ2n) is 7.53. The van der Waals surface area contributed by atoms with Crippen LogP contribution < -0.4 is 16.0 Å². The van der Waals surface area contributed by atoms with Gasteiger partial charge in [-0.25, -0.2) is 0 Å². The van der Waals surface area contributed by atoms with E-state index in [9.17, 15) is 20.4 Å². The minimum Gasteiger partial charge on any atom is -0.390 e. The van der Waals surface area contributed by atoms with Crippen molar-refractivity contribution in [1.82, 2.24) is 16.0 Å². The highest BCUT2D eigenvalue weighted by molar-refractivity contribution is 5.12. The van der Waals surface area contributed by atoms with Crippen molar-refractivity contribution in [3.05, 3.63) is 0 Å². The molecule has 1 saturated carbocycles. The van der Waals surface area contributed by atoms with E-state index in [1.807, 2.05) is 0 Å². The van der Waals surface area contributed by atoms with Gasteiger partial charge in [-0.2, -0.15) is 0 Å². The number of ether oxygens (including phenoxy) is 3. The standard InChI is InChI=1S/C16H31N3O7/c1-7-5-15(22,6-17-2)16(23)14(24-7)25-13-11(21)8(18-3)10(20)9(19-4)12(13)26-16/h7-14,17-23H,5-6H2,1-4H3/t7-,8-,9+,10+,11+,12-,13-,14+,15+,16-/m1/s1. The normalized spacial score (nSPS) is 54.5. The maximum Gasteiger partial charge on any atom is 0.249 e. The summed E-state index contributed by atoms with van der Waals surface area (Å²) in [5.41, 5.74) is -1.66. The summed E-state index contributed by atoms with van der Waals surface area (Å²) in [4.78, 5) is 0. The summed E-state index contributed by atoms with van der Waals surface area (Å²) in [6.07, 6.45) is -5.36. The van der Waals surface area contributed by atoms with Crippen LogP contribution >= 0.6 is 0 Å². The SMILES string of the molecule is CNC[C@@]1(O)C[C@@H](C)O[C@H]2O[C@@H]3[C@@H](O)[C@H](NC)[C@H](O)[C@H](NC)[C@H]3O[C@]21O. The van der Waals surface area contributed by atoms with Crippen LogP contribution in [-0.2, 0) is 14.2 Å². The summed E-state index contributed by atoms with van der Waals surface area (Å²) in [5.74, 6) is -2.15. The number of hydrogen-bond donors (Lipinski definition) is 7. The first kappa shape index (κ1) is 20.3. The highest BCUT2D eigenvalue weighted by Gasteiger charge is 2.68. The Balaban J connectivity index is 1.96. The Kier molecular flexibility index (Phi) is 5.64. The molecule has 1 aliphatic carbocycles. The fourth-order valence-electron chi connectivity index (χ4n) is 4.52. The summed E-state index contributed by atoms with van der Waals surface area (Å²) in [6, 6.07) is -1.29. The Morgan fingerprint density at radius 2 is 1.62 bits per heavy atom. The van der Waals surface area contributed by atoms with Gasteiger partial charge in [-0.1, -0.05) is 0 Å². The van der Waals surface area contributed by atoms with Crippen molar-refractivity contribution < 1.29 is 34.6 Å². The van der Waals surface area contributed by atoms with Crippen molar-refractivity contribution in [3.63, 3.8) is 0 Å². The van der Waals surface area contributed by atoms with E-state index in [0.29, 0.717) is 0 Å². The van der Waals surface area contributed by atoms with Crippen LogP contribution in [0.4, 0.5) is 0 Å². The number of aliphatic hydroxyl groups is 4. The molecular weight excluding hydrogens is 346 g/mol. The number of likely N-dealkylation sites (N-methyl/N-ethyl adjacent to an activating group) is 3. The van der Waals surface area contributed by atoms with Crippen molar-refractivity contribution in [2.45, 2.75) is 73.6 Å². The van der Waals surface area contributed by atoms with Crippen LogP contribution in [0.25, 0.3) is 0 Å². The molecular formula is C16H31N3O7. The van der Waals surface area contributed by atoms with E-state index in [0.717, 1.165) is 0 Å². The number of fused-ring (bicyclic) bond motifs is 2. The largest absolute Gasteiger partial charge is 0.390 e. The van der Waals surface area contributed by atoms with E-state index in [4.69, 9.17) is 14.2 Å². The van der Waals surface area contributed by atoms with Crippen molar-refractivity contribution in [1.29, 1.82) is 0 Å². The number of rotatable bonds is 4. The molecule has 3 fully saturated rings. The predicted octanol–water partition coefficient (Wildman–Crippen LogP) is -3.54. The Morgan fingerprint density at radius 3 is 2.19 bits per heavy atom. The molecule has 0 aromatic carbocycles. The van der Waals surface area contributed by atoms with Gasteiger partial charge in [-0.3, -0.25) is 0 Å². The van der Waals surface area contributed by atoms with Gasteiger partial charge in [0.15, 0.2) is 0 Å². The van der Waals surface area contributed by atoms with E-state index >= 15 is 0 Å². The summed E-state index contributed by atoms with van der Waals surface area (Å²) in [6.45, 7) is 1.83. The smallest absolute Gasteiger partial charge is 0.249 e. The van der Waals surface area contributed by atoms with Gasteiger partial charge in [0, 0.05) is 13.0 Å². The molecule has 10 atom stereocenters. The molecule has 0 bridgehead atoms. The molecule has 26 heavy (non-hydrogen) atoms. The first-order chi connectivity index (χ1) is 12.2. The van der Waals surface area contributed by atoms with Gasteiger partial charge in [0.05, 0.1) is 24.3 Å². The summed E-state index contributed by atoms with van der Waals surface area (Å²) in [5, 5.41) is 52.3. The molecule has 0 unspecified atom stereocenters. The third-order valence-corrected chi connectivity index (χ3v) is 5.82. The second-order valence-corrected chi connectivity index (χ2v) is 7.53. The van der Waals surface area contributed by atoms with Gasteiger partial charge in [0.1, 0.15) is 23.9 Å². The van der Waals surface area contributed by atoms with Crippen molar-refractivity contribution in [2.24, 2.45) is 0 Å². The molecule has 2 saturated heterocycles. The monoisotopic (exact) mass is 377 g/mol. The molecule has 2 heterocycles. The summed E-state index contributed by atoms with van der Waals surface area (Å²) >= 11 is 0. The fraction of sp³-hybridized carbons (Fsp3) is 1.00. The third-order valence-electron chi connectivity index (χ3n) is 5.82. The second kappa shape index (κ2) is 7.21. The maximum absolute atomic E-state index is 11.2. The highest BCUT2D eigenvalue weighted by Crippen LogP contribution is 2.46. The Bertz CT molecular complexity index is 514. The van der Waals surface area contributed by atoms with Crippen molar-refractivity contribution in [3.8, 4) is 0 Å². The van der Waals surface area contributed by atoms with Gasteiger partial charge >= 0.3 is 0 Å². The average molecular weight is 377 g/mol. The van der Waals surface area contributed by atoms with Gasteiger partial charge in [-0.15, -0.1) is 0 Å². The van der Waals surface area contributed by atoms with E-state index in [1.165, 1.54) is 0 Å². The van der Waals surface area contributed by atoms with Gasteiger partial charge in [0.25, 0.3) is 0 Å². The van der Waals surface area contributed by atoms with E-state index < -0.39 is 54.2 Å². The Labute approximate surface area is 152 Å². The molecule has 3 rings (SSSR count). The molecule has 0 amide bonds.